The van der Waals surface area contributed by atoms with Crippen molar-refractivity contribution in [1.29, 1.82) is 0 Å². The molecule has 0 bridgehead atoms. The molecule has 0 saturated heterocycles. The third-order valence-corrected chi connectivity index (χ3v) is 3.12. The van der Waals surface area contributed by atoms with Crippen LogP contribution in [0.4, 0.5) is 8.78 Å². The first-order chi connectivity index (χ1) is 9.08. The average Bonchev–Trinajstić information content (AvgIpc) is 2.40. The SMILES string of the molecule is CCC(CCN)CNC(=O)Cc1cccc(F)c1F. The van der Waals surface area contributed by atoms with Gasteiger partial charge in [0.25, 0.3) is 0 Å². The summed E-state index contributed by atoms with van der Waals surface area (Å²) in [6, 6.07) is 3.84. The molecule has 0 saturated carbocycles. The van der Waals surface area contributed by atoms with E-state index in [-0.39, 0.29) is 17.9 Å². The molecule has 1 aromatic carbocycles. The summed E-state index contributed by atoms with van der Waals surface area (Å²) in [5, 5.41) is 2.73. The summed E-state index contributed by atoms with van der Waals surface area (Å²) in [6.45, 7) is 3.12. The topological polar surface area (TPSA) is 55.1 Å². The summed E-state index contributed by atoms with van der Waals surface area (Å²) < 4.78 is 26.4. The van der Waals surface area contributed by atoms with Crippen molar-refractivity contribution < 1.29 is 13.6 Å². The van der Waals surface area contributed by atoms with Crippen molar-refractivity contribution in [3.8, 4) is 0 Å². The molecule has 0 spiro atoms. The van der Waals surface area contributed by atoms with Gasteiger partial charge < -0.3 is 11.1 Å². The second-order valence-electron chi connectivity index (χ2n) is 4.55. The second kappa shape index (κ2) is 7.84. The van der Waals surface area contributed by atoms with Crippen LogP contribution in [0.2, 0.25) is 0 Å². The Bertz CT molecular complexity index is 424. The van der Waals surface area contributed by atoms with Gasteiger partial charge in [0.1, 0.15) is 0 Å². The second-order valence-corrected chi connectivity index (χ2v) is 4.55. The molecule has 1 unspecified atom stereocenters. The van der Waals surface area contributed by atoms with Gasteiger partial charge >= 0.3 is 0 Å². The Hall–Kier alpha value is -1.49. The Balaban J connectivity index is 2.49. The Labute approximate surface area is 112 Å². The van der Waals surface area contributed by atoms with E-state index in [1.54, 1.807) is 0 Å². The summed E-state index contributed by atoms with van der Waals surface area (Å²) in [4.78, 5) is 11.7. The van der Waals surface area contributed by atoms with E-state index in [0.29, 0.717) is 19.0 Å². The monoisotopic (exact) mass is 270 g/mol. The van der Waals surface area contributed by atoms with E-state index in [2.05, 4.69) is 5.32 Å². The number of carbonyl (C=O) groups is 1. The molecule has 0 aliphatic heterocycles. The first kappa shape index (κ1) is 15.6. The minimum atomic E-state index is -0.952. The molecule has 0 heterocycles. The lowest BCUT2D eigenvalue weighted by Crippen LogP contribution is -2.31. The Morgan fingerprint density at radius 1 is 1.42 bits per heavy atom. The van der Waals surface area contributed by atoms with E-state index >= 15 is 0 Å². The summed E-state index contributed by atoms with van der Waals surface area (Å²) in [5.41, 5.74) is 5.54. The van der Waals surface area contributed by atoms with Crippen LogP contribution in [0.25, 0.3) is 0 Å². The predicted octanol–water partition coefficient (Wildman–Crippen LogP) is 2.00. The minimum absolute atomic E-state index is 0.0735. The van der Waals surface area contributed by atoms with Crippen molar-refractivity contribution in [2.24, 2.45) is 11.7 Å². The van der Waals surface area contributed by atoms with Gasteiger partial charge in [0.05, 0.1) is 6.42 Å². The van der Waals surface area contributed by atoms with Gasteiger partial charge in [0, 0.05) is 12.1 Å². The van der Waals surface area contributed by atoms with Crippen LogP contribution in [0.1, 0.15) is 25.3 Å². The number of carbonyl (C=O) groups excluding carboxylic acids is 1. The number of benzene rings is 1. The van der Waals surface area contributed by atoms with Crippen molar-refractivity contribution >= 4 is 5.91 Å². The zero-order valence-corrected chi connectivity index (χ0v) is 11.1. The lowest BCUT2D eigenvalue weighted by molar-refractivity contribution is -0.120. The number of rotatable bonds is 7. The van der Waals surface area contributed by atoms with Gasteiger partial charge in [-0.05, 0) is 24.9 Å². The van der Waals surface area contributed by atoms with Gasteiger partial charge in [-0.25, -0.2) is 8.78 Å². The number of nitrogens with one attached hydrogen (secondary N) is 1. The predicted molar refractivity (Wildman–Crippen MR) is 70.5 cm³/mol. The van der Waals surface area contributed by atoms with Crippen LogP contribution in [0.5, 0.6) is 0 Å². The zero-order valence-electron chi connectivity index (χ0n) is 11.1. The number of hydrogen-bond donors (Lipinski definition) is 2. The highest BCUT2D eigenvalue weighted by Gasteiger charge is 2.12. The van der Waals surface area contributed by atoms with Crippen molar-refractivity contribution in [2.45, 2.75) is 26.2 Å². The Kier molecular flexibility index (Phi) is 6.42. The molecule has 1 amide bonds. The smallest absolute Gasteiger partial charge is 0.224 e. The number of amides is 1. The summed E-state index contributed by atoms with van der Waals surface area (Å²) in [5.74, 6) is -1.86. The number of nitrogens with two attached hydrogens (primary N) is 1. The van der Waals surface area contributed by atoms with Gasteiger partial charge in [0.2, 0.25) is 5.91 Å². The fourth-order valence-corrected chi connectivity index (χ4v) is 1.86. The third-order valence-electron chi connectivity index (χ3n) is 3.12. The van der Waals surface area contributed by atoms with Crippen molar-refractivity contribution in [2.75, 3.05) is 13.1 Å². The molecule has 1 atom stereocenters. The van der Waals surface area contributed by atoms with Gasteiger partial charge in [-0.2, -0.15) is 0 Å². The highest BCUT2D eigenvalue weighted by molar-refractivity contribution is 5.78. The van der Waals surface area contributed by atoms with Crippen LogP contribution in [-0.2, 0) is 11.2 Å². The first-order valence-electron chi connectivity index (χ1n) is 6.48. The Morgan fingerprint density at radius 3 is 2.79 bits per heavy atom. The van der Waals surface area contributed by atoms with E-state index in [0.717, 1.165) is 18.9 Å². The van der Waals surface area contributed by atoms with Crippen LogP contribution in [0, 0.1) is 17.6 Å². The first-order valence-corrected chi connectivity index (χ1v) is 6.48. The molecule has 0 fully saturated rings. The molecular weight excluding hydrogens is 250 g/mol. The normalized spacial score (nSPS) is 12.2. The lowest BCUT2D eigenvalue weighted by atomic mass is 10.0. The van der Waals surface area contributed by atoms with Gasteiger partial charge in [-0.15, -0.1) is 0 Å². The van der Waals surface area contributed by atoms with Crippen LogP contribution < -0.4 is 11.1 Å². The third kappa shape index (κ3) is 4.95. The average molecular weight is 270 g/mol. The molecule has 0 radical (unpaired) electrons. The Morgan fingerprint density at radius 2 is 2.16 bits per heavy atom. The molecule has 0 aromatic heterocycles. The summed E-state index contributed by atoms with van der Waals surface area (Å²) >= 11 is 0. The molecule has 0 aliphatic rings. The maximum absolute atomic E-state index is 13.4. The minimum Gasteiger partial charge on any atom is -0.356 e. The van der Waals surface area contributed by atoms with E-state index in [1.165, 1.54) is 12.1 Å². The maximum Gasteiger partial charge on any atom is 0.224 e. The number of halogens is 2. The quantitative estimate of drug-likeness (QED) is 0.796. The van der Waals surface area contributed by atoms with Crippen LogP contribution in [0.15, 0.2) is 18.2 Å². The molecule has 0 aliphatic carbocycles. The van der Waals surface area contributed by atoms with Gasteiger partial charge in [0.15, 0.2) is 11.6 Å². The fraction of sp³-hybridized carbons (Fsp3) is 0.500. The summed E-state index contributed by atoms with van der Waals surface area (Å²) in [6.07, 6.45) is 1.61. The van der Waals surface area contributed by atoms with Crippen LogP contribution >= 0.6 is 0 Å². The molecule has 19 heavy (non-hydrogen) atoms. The van der Waals surface area contributed by atoms with E-state index in [9.17, 15) is 13.6 Å². The molecule has 1 rings (SSSR count). The number of hydrogen-bond acceptors (Lipinski definition) is 2. The maximum atomic E-state index is 13.4. The van der Waals surface area contributed by atoms with E-state index < -0.39 is 11.6 Å². The molecule has 106 valence electrons. The van der Waals surface area contributed by atoms with Crippen LogP contribution in [0.3, 0.4) is 0 Å². The molecule has 3 N–H and O–H groups in total. The summed E-state index contributed by atoms with van der Waals surface area (Å²) in [7, 11) is 0. The fourth-order valence-electron chi connectivity index (χ4n) is 1.86. The molecule has 5 heteroatoms. The molecule has 1 aromatic rings. The van der Waals surface area contributed by atoms with Crippen molar-refractivity contribution in [3.63, 3.8) is 0 Å². The highest BCUT2D eigenvalue weighted by atomic mass is 19.2. The van der Waals surface area contributed by atoms with E-state index in [4.69, 9.17) is 5.73 Å². The molecule has 3 nitrogen and oxygen atoms in total. The van der Waals surface area contributed by atoms with Gasteiger partial charge in [-0.1, -0.05) is 25.5 Å². The lowest BCUT2D eigenvalue weighted by Gasteiger charge is -2.14. The van der Waals surface area contributed by atoms with Crippen molar-refractivity contribution in [3.05, 3.63) is 35.4 Å². The zero-order chi connectivity index (χ0) is 14.3. The molecular formula is C14H20F2N2O. The largest absolute Gasteiger partial charge is 0.356 e. The highest BCUT2D eigenvalue weighted by Crippen LogP contribution is 2.12. The van der Waals surface area contributed by atoms with E-state index in [1.807, 2.05) is 6.92 Å². The standard InChI is InChI=1S/C14H20F2N2O/c1-2-10(6-7-17)9-18-13(19)8-11-4-3-5-12(15)14(11)16/h3-5,10H,2,6-9,17H2,1H3,(H,18,19). The van der Waals surface area contributed by atoms with Crippen molar-refractivity contribution in [1.82, 2.24) is 5.32 Å². The van der Waals surface area contributed by atoms with Gasteiger partial charge in [-0.3, -0.25) is 4.79 Å². The van der Waals surface area contributed by atoms with Crippen LogP contribution in [-0.4, -0.2) is 19.0 Å².